The van der Waals surface area contributed by atoms with Gasteiger partial charge in [-0.15, -0.1) is 24.0 Å². The van der Waals surface area contributed by atoms with Crippen LogP contribution in [0.15, 0.2) is 29.3 Å². The molecule has 0 saturated carbocycles. The van der Waals surface area contributed by atoms with Crippen LogP contribution in [0.3, 0.4) is 0 Å². The number of nitrogens with one attached hydrogen (secondary N) is 2. The van der Waals surface area contributed by atoms with Gasteiger partial charge in [-0.2, -0.15) is 0 Å². The second-order valence-electron chi connectivity index (χ2n) is 5.66. The predicted octanol–water partition coefficient (Wildman–Crippen LogP) is 1.91. The summed E-state index contributed by atoms with van der Waals surface area (Å²) in [5.74, 6) is 0.0544. The Hall–Kier alpha value is -1.38. The molecule has 1 unspecified atom stereocenters. The van der Waals surface area contributed by atoms with Crippen molar-refractivity contribution >= 4 is 35.8 Å². The maximum atomic E-state index is 12.9. The first-order chi connectivity index (χ1) is 10.4. The van der Waals surface area contributed by atoms with E-state index in [1.54, 1.807) is 19.2 Å². The minimum absolute atomic E-state index is 0. The Morgan fingerprint density at radius 3 is 2.26 bits per heavy atom. The van der Waals surface area contributed by atoms with E-state index in [-0.39, 0.29) is 35.7 Å². The molecule has 5 nitrogen and oxygen atoms in total. The molecule has 0 saturated heterocycles. The third-order valence-corrected chi connectivity index (χ3v) is 3.21. The van der Waals surface area contributed by atoms with Crippen LogP contribution in [-0.2, 0) is 11.2 Å². The van der Waals surface area contributed by atoms with Gasteiger partial charge in [0.05, 0.1) is 5.92 Å². The molecule has 0 spiro atoms. The van der Waals surface area contributed by atoms with Crippen LogP contribution in [0.25, 0.3) is 0 Å². The molecule has 1 aromatic carbocycles. The Bertz CT molecular complexity index is 505. The molecule has 0 heterocycles. The number of amides is 1. The number of benzene rings is 1. The number of nitrogens with two attached hydrogens (primary N) is 1. The Balaban J connectivity index is 0.00000484. The smallest absolute Gasteiger partial charge is 0.222 e. The highest BCUT2D eigenvalue weighted by molar-refractivity contribution is 14.0. The van der Waals surface area contributed by atoms with Gasteiger partial charge in [-0.1, -0.05) is 26.0 Å². The summed E-state index contributed by atoms with van der Waals surface area (Å²) in [7, 11) is 1.68. The maximum Gasteiger partial charge on any atom is 0.222 e. The number of hydrogen-bond donors (Lipinski definition) is 3. The summed E-state index contributed by atoms with van der Waals surface area (Å²) in [6.07, 6.45) is 0.462. The normalized spacial score (nSPS) is 12.5. The molecule has 1 amide bonds. The van der Waals surface area contributed by atoms with E-state index in [1.807, 2.05) is 0 Å². The lowest BCUT2D eigenvalue weighted by atomic mass is 9.98. The van der Waals surface area contributed by atoms with Crippen molar-refractivity contribution in [2.75, 3.05) is 20.1 Å². The van der Waals surface area contributed by atoms with Crippen LogP contribution in [0.4, 0.5) is 4.39 Å². The SMILES string of the molecule is CN=C(NCC(C)C)NCC(Cc1ccc(F)cc1)C(N)=O.I. The number of rotatable bonds is 7. The van der Waals surface area contributed by atoms with Gasteiger partial charge >= 0.3 is 0 Å². The summed E-state index contributed by atoms with van der Waals surface area (Å²) >= 11 is 0. The minimum atomic E-state index is -0.392. The quantitative estimate of drug-likeness (QED) is 0.347. The van der Waals surface area contributed by atoms with Crippen LogP contribution in [0, 0.1) is 17.7 Å². The van der Waals surface area contributed by atoms with Crippen LogP contribution in [0.2, 0.25) is 0 Å². The molecule has 0 aliphatic heterocycles. The summed E-state index contributed by atoms with van der Waals surface area (Å²) in [6, 6.07) is 6.09. The zero-order valence-electron chi connectivity index (χ0n) is 13.8. The Morgan fingerprint density at radius 1 is 1.22 bits per heavy atom. The summed E-state index contributed by atoms with van der Waals surface area (Å²) in [4.78, 5) is 15.7. The summed E-state index contributed by atoms with van der Waals surface area (Å²) in [5, 5.41) is 6.27. The molecule has 7 heteroatoms. The van der Waals surface area contributed by atoms with Gasteiger partial charge in [0.25, 0.3) is 0 Å². The molecule has 1 aromatic rings. The Labute approximate surface area is 154 Å². The molecule has 1 rings (SSSR count). The van der Waals surface area contributed by atoms with E-state index >= 15 is 0 Å². The molecular formula is C16H26FIN4O. The molecule has 23 heavy (non-hydrogen) atoms. The van der Waals surface area contributed by atoms with Crippen molar-refractivity contribution in [3.63, 3.8) is 0 Å². The second-order valence-corrected chi connectivity index (χ2v) is 5.66. The first-order valence-corrected chi connectivity index (χ1v) is 7.40. The number of halogens is 2. The van der Waals surface area contributed by atoms with Gasteiger partial charge in [0.2, 0.25) is 5.91 Å². The molecular weight excluding hydrogens is 410 g/mol. The third-order valence-electron chi connectivity index (χ3n) is 3.21. The van der Waals surface area contributed by atoms with Crippen molar-refractivity contribution in [1.29, 1.82) is 0 Å². The summed E-state index contributed by atoms with van der Waals surface area (Å²) in [6.45, 7) is 5.37. The summed E-state index contributed by atoms with van der Waals surface area (Å²) in [5.41, 5.74) is 6.32. The van der Waals surface area contributed by atoms with E-state index in [2.05, 4.69) is 29.5 Å². The van der Waals surface area contributed by atoms with E-state index in [1.165, 1.54) is 12.1 Å². The van der Waals surface area contributed by atoms with Crippen molar-refractivity contribution in [3.05, 3.63) is 35.6 Å². The largest absolute Gasteiger partial charge is 0.369 e. The second kappa shape index (κ2) is 11.2. The lowest BCUT2D eigenvalue weighted by Gasteiger charge is -2.18. The number of hydrogen-bond acceptors (Lipinski definition) is 2. The van der Waals surface area contributed by atoms with Gasteiger partial charge in [0, 0.05) is 20.1 Å². The van der Waals surface area contributed by atoms with E-state index < -0.39 is 5.91 Å². The number of carbonyl (C=O) groups is 1. The van der Waals surface area contributed by atoms with Crippen LogP contribution in [-0.4, -0.2) is 32.0 Å². The first kappa shape index (κ1) is 21.6. The molecule has 1 atom stereocenters. The molecule has 0 bridgehead atoms. The fourth-order valence-electron chi connectivity index (χ4n) is 1.92. The predicted molar refractivity (Wildman–Crippen MR) is 102 cm³/mol. The van der Waals surface area contributed by atoms with Crippen LogP contribution < -0.4 is 16.4 Å². The van der Waals surface area contributed by atoms with Gasteiger partial charge in [-0.25, -0.2) is 4.39 Å². The van der Waals surface area contributed by atoms with Gasteiger partial charge in [-0.3, -0.25) is 9.79 Å². The molecule has 0 aromatic heterocycles. The van der Waals surface area contributed by atoms with E-state index in [4.69, 9.17) is 5.73 Å². The zero-order chi connectivity index (χ0) is 16.5. The maximum absolute atomic E-state index is 12.9. The fourth-order valence-corrected chi connectivity index (χ4v) is 1.92. The van der Waals surface area contributed by atoms with E-state index in [9.17, 15) is 9.18 Å². The monoisotopic (exact) mass is 436 g/mol. The van der Waals surface area contributed by atoms with E-state index in [0.29, 0.717) is 24.8 Å². The van der Waals surface area contributed by atoms with Gasteiger partial charge in [-0.05, 0) is 30.0 Å². The average molecular weight is 436 g/mol. The van der Waals surface area contributed by atoms with Crippen molar-refractivity contribution in [2.24, 2.45) is 22.6 Å². The van der Waals surface area contributed by atoms with Crippen molar-refractivity contribution in [2.45, 2.75) is 20.3 Å². The van der Waals surface area contributed by atoms with Crippen LogP contribution >= 0.6 is 24.0 Å². The molecule has 0 aliphatic carbocycles. The molecule has 4 N–H and O–H groups in total. The molecule has 0 aliphatic rings. The molecule has 0 radical (unpaired) electrons. The minimum Gasteiger partial charge on any atom is -0.369 e. The first-order valence-electron chi connectivity index (χ1n) is 7.40. The highest BCUT2D eigenvalue weighted by atomic mass is 127. The van der Waals surface area contributed by atoms with Crippen LogP contribution in [0.1, 0.15) is 19.4 Å². The number of primary amides is 1. The lowest BCUT2D eigenvalue weighted by Crippen LogP contribution is -2.44. The fraction of sp³-hybridized carbons (Fsp3) is 0.500. The standard InChI is InChI=1S/C16H25FN4O.HI/c1-11(2)9-20-16(19-3)21-10-13(15(18)22)8-12-4-6-14(17)7-5-12;/h4-7,11,13H,8-10H2,1-3H3,(H2,18,22)(H2,19,20,21);1H. The van der Waals surface area contributed by atoms with E-state index in [0.717, 1.165) is 12.1 Å². The molecule has 0 fully saturated rings. The molecule has 130 valence electrons. The van der Waals surface area contributed by atoms with Crippen molar-refractivity contribution in [3.8, 4) is 0 Å². The van der Waals surface area contributed by atoms with Crippen molar-refractivity contribution in [1.82, 2.24) is 10.6 Å². The number of guanidine groups is 1. The van der Waals surface area contributed by atoms with Crippen molar-refractivity contribution < 1.29 is 9.18 Å². The summed E-state index contributed by atoms with van der Waals surface area (Å²) < 4.78 is 12.9. The lowest BCUT2D eigenvalue weighted by molar-refractivity contribution is -0.121. The highest BCUT2D eigenvalue weighted by Gasteiger charge is 2.16. The number of carbonyl (C=O) groups excluding carboxylic acids is 1. The average Bonchev–Trinajstić information content (AvgIpc) is 2.47. The number of aliphatic imine (C=N–C) groups is 1. The highest BCUT2D eigenvalue weighted by Crippen LogP contribution is 2.09. The topological polar surface area (TPSA) is 79.5 Å². The third kappa shape index (κ3) is 8.73. The Kier molecular flexibility index (Phi) is 10.5. The van der Waals surface area contributed by atoms with Gasteiger partial charge in [0.15, 0.2) is 5.96 Å². The zero-order valence-corrected chi connectivity index (χ0v) is 16.1. The Morgan fingerprint density at radius 2 is 1.78 bits per heavy atom. The number of nitrogens with zero attached hydrogens (tertiary/aromatic N) is 1. The van der Waals surface area contributed by atoms with Gasteiger partial charge < -0.3 is 16.4 Å². The van der Waals surface area contributed by atoms with Crippen LogP contribution in [0.5, 0.6) is 0 Å². The van der Waals surface area contributed by atoms with Gasteiger partial charge in [0.1, 0.15) is 5.82 Å².